The minimum atomic E-state index is -0.327. The van der Waals surface area contributed by atoms with Crippen LogP contribution in [0.4, 0.5) is 0 Å². The number of ether oxygens (including phenoxy) is 2. The number of hydrogen-bond donors (Lipinski definition) is 1. The highest BCUT2D eigenvalue weighted by atomic mass is 16.5. The van der Waals surface area contributed by atoms with Gasteiger partial charge < -0.3 is 15.2 Å². The molecule has 5 heteroatoms. The molecule has 0 unspecified atom stereocenters. The lowest BCUT2D eigenvalue weighted by atomic mass is 10.1. The van der Waals surface area contributed by atoms with Crippen molar-refractivity contribution >= 4 is 5.91 Å². The fraction of sp³-hybridized carbons (Fsp3) is 0.750. The Morgan fingerprint density at radius 2 is 2.41 bits per heavy atom. The summed E-state index contributed by atoms with van der Waals surface area (Å²) in [6, 6.07) is -0.327. The molecule has 0 aromatic heterocycles. The van der Waals surface area contributed by atoms with E-state index in [9.17, 15) is 4.79 Å². The molecule has 0 saturated carbocycles. The molecule has 5 nitrogen and oxygen atoms in total. The molecule has 1 saturated heterocycles. The van der Waals surface area contributed by atoms with Crippen molar-refractivity contribution < 1.29 is 14.3 Å². The number of primary amides is 1. The largest absolute Gasteiger partial charge is 0.377 e. The highest BCUT2D eigenvalue weighted by Gasteiger charge is 2.33. The lowest BCUT2D eigenvalue weighted by Crippen LogP contribution is -2.57. The van der Waals surface area contributed by atoms with Crippen LogP contribution in [0.25, 0.3) is 0 Å². The van der Waals surface area contributed by atoms with Crippen molar-refractivity contribution in [1.82, 2.24) is 4.90 Å². The lowest BCUT2D eigenvalue weighted by molar-refractivity contribution is -0.135. The minimum Gasteiger partial charge on any atom is -0.377 e. The van der Waals surface area contributed by atoms with Gasteiger partial charge in [0.05, 0.1) is 25.9 Å². The Morgan fingerprint density at radius 1 is 1.59 bits per heavy atom. The Kier molecular flexibility index (Phi) is 4.15. The molecule has 96 valence electrons. The van der Waals surface area contributed by atoms with E-state index in [1.165, 1.54) is 5.57 Å². The van der Waals surface area contributed by atoms with Gasteiger partial charge in [0.15, 0.2) is 0 Å². The van der Waals surface area contributed by atoms with Gasteiger partial charge in [0, 0.05) is 13.1 Å². The van der Waals surface area contributed by atoms with Crippen LogP contribution < -0.4 is 5.73 Å². The fourth-order valence-corrected chi connectivity index (χ4v) is 2.45. The first-order chi connectivity index (χ1) is 8.18. The highest BCUT2D eigenvalue weighted by Crippen LogP contribution is 2.17. The van der Waals surface area contributed by atoms with Gasteiger partial charge in [-0.3, -0.25) is 9.69 Å². The Bertz CT molecular complexity index is 317. The monoisotopic (exact) mass is 240 g/mol. The van der Waals surface area contributed by atoms with Gasteiger partial charge in [-0.05, 0) is 18.9 Å². The molecule has 17 heavy (non-hydrogen) atoms. The summed E-state index contributed by atoms with van der Waals surface area (Å²) in [5, 5.41) is 0. The topological polar surface area (TPSA) is 64.8 Å². The van der Waals surface area contributed by atoms with E-state index in [4.69, 9.17) is 15.2 Å². The third-order valence-electron chi connectivity index (χ3n) is 3.28. The molecule has 0 aromatic rings. The zero-order chi connectivity index (χ0) is 12.3. The van der Waals surface area contributed by atoms with Crippen molar-refractivity contribution in [1.29, 1.82) is 0 Å². The zero-order valence-corrected chi connectivity index (χ0v) is 10.2. The Hall–Kier alpha value is -0.910. The van der Waals surface area contributed by atoms with Crippen LogP contribution >= 0.6 is 0 Å². The maximum absolute atomic E-state index is 11.5. The van der Waals surface area contributed by atoms with Gasteiger partial charge in [-0.1, -0.05) is 6.08 Å². The van der Waals surface area contributed by atoms with Crippen LogP contribution in [0.15, 0.2) is 11.6 Å². The van der Waals surface area contributed by atoms with Gasteiger partial charge in [0.1, 0.15) is 6.04 Å². The molecule has 2 N–H and O–H groups in total. The third-order valence-corrected chi connectivity index (χ3v) is 3.28. The quantitative estimate of drug-likeness (QED) is 0.700. The van der Waals surface area contributed by atoms with E-state index in [1.54, 1.807) is 0 Å². The lowest BCUT2D eigenvalue weighted by Gasteiger charge is -2.38. The van der Waals surface area contributed by atoms with Gasteiger partial charge in [0.2, 0.25) is 5.91 Å². The third kappa shape index (κ3) is 3.06. The normalized spacial score (nSPS) is 31.0. The van der Waals surface area contributed by atoms with E-state index >= 15 is 0 Å². The van der Waals surface area contributed by atoms with Gasteiger partial charge in [-0.25, -0.2) is 0 Å². The molecule has 0 aromatic carbocycles. The van der Waals surface area contributed by atoms with Crippen LogP contribution in [0.2, 0.25) is 0 Å². The Morgan fingerprint density at radius 3 is 3.06 bits per heavy atom. The Balaban J connectivity index is 2.01. The Labute approximate surface area is 102 Å². The van der Waals surface area contributed by atoms with Crippen molar-refractivity contribution in [2.45, 2.75) is 25.5 Å². The first kappa shape index (κ1) is 12.5. The number of carbonyl (C=O) groups is 1. The number of nitrogens with zero attached hydrogens (tertiary/aromatic N) is 1. The van der Waals surface area contributed by atoms with E-state index in [0.29, 0.717) is 13.2 Å². The molecule has 1 amide bonds. The molecule has 2 atom stereocenters. The number of carbonyl (C=O) groups excluding carboxylic acids is 1. The minimum absolute atomic E-state index is 0.133. The fourth-order valence-electron chi connectivity index (χ4n) is 2.45. The number of hydrogen-bond acceptors (Lipinski definition) is 4. The maximum atomic E-state index is 11.5. The molecule has 1 fully saturated rings. The van der Waals surface area contributed by atoms with Crippen LogP contribution in [-0.4, -0.2) is 55.9 Å². The predicted molar refractivity (Wildman–Crippen MR) is 63.5 cm³/mol. The number of amides is 1. The highest BCUT2D eigenvalue weighted by molar-refractivity contribution is 5.80. The second-order valence-electron chi connectivity index (χ2n) is 4.60. The van der Waals surface area contributed by atoms with Crippen molar-refractivity contribution in [3.05, 3.63) is 11.6 Å². The first-order valence-corrected chi connectivity index (χ1v) is 6.09. The van der Waals surface area contributed by atoms with Crippen LogP contribution in [0.1, 0.15) is 13.3 Å². The summed E-state index contributed by atoms with van der Waals surface area (Å²) < 4.78 is 10.9. The van der Waals surface area contributed by atoms with Crippen LogP contribution in [0.5, 0.6) is 0 Å². The summed E-state index contributed by atoms with van der Waals surface area (Å²) >= 11 is 0. The van der Waals surface area contributed by atoms with E-state index < -0.39 is 0 Å². The summed E-state index contributed by atoms with van der Waals surface area (Å²) in [5.74, 6) is -0.311. The molecule has 2 heterocycles. The second kappa shape index (κ2) is 5.62. The maximum Gasteiger partial charge on any atom is 0.237 e. The summed E-state index contributed by atoms with van der Waals surface area (Å²) in [4.78, 5) is 13.6. The molecule has 0 aliphatic carbocycles. The summed E-state index contributed by atoms with van der Waals surface area (Å²) in [6.07, 6.45) is 3.02. The molecular formula is C12H20N2O3. The number of morpholine rings is 1. The zero-order valence-electron chi connectivity index (χ0n) is 10.2. The van der Waals surface area contributed by atoms with Crippen molar-refractivity contribution in [3.8, 4) is 0 Å². The van der Waals surface area contributed by atoms with E-state index in [-0.39, 0.29) is 18.1 Å². The van der Waals surface area contributed by atoms with E-state index in [0.717, 1.165) is 26.1 Å². The summed E-state index contributed by atoms with van der Waals surface area (Å²) in [7, 11) is 0. The van der Waals surface area contributed by atoms with Gasteiger partial charge in [-0.15, -0.1) is 0 Å². The molecule has 0 spiro atoms. The van der Waals surface area contributed by atoms with Crippen LogP contribution in [-0.2, 0) is 14.3 Å². The smallest absolute Gasteiger partial charge is 0.237 e. The average Bonchev–Trinajstić information content (AvgIpc) is 2.30. The standard InChI is InChI=1S/C12H20N2O3/c1-9-11(12(13)15)14(4-6-17-9)7-10-3-2-5-16-8-10/h3,9,11H,2,4-8H2,1H3,(H2,13,15)/t9-,11+/m1/s1. The summed E-state index contributed by atoms with van der Waals surface area (Å²) in [6.45, 7) is 5.50. The SMILES string of the molecule is C[C@H]1OCCN(CC2=CCCOC2)[C@@H]1C(N)=O. The van der Waals surface area contributed by atoms with E-state index in [1.807, 2.05) is 6.92 Å². The van der Waals surface area contributed by atoms with Gasteiger partial charge in [0.25, 0.3) is 0 Å². The molecular weight excluding hydrogens is 220 g/mol. The van der Waals surface area contributed by atoms with Gasteiger partial charge >= 0.3 is 0 Å². The molecule has 2 aliphatic heterocycles. The molecule has 2 rings (SSSR count). The van der Waals surface area contributed by atoms with Crippen molar-refractivity contribution in [3.63, 3.8) is 0 Å². The molecule has 0 bridgehead atoms. The van der Waals surface area contributed by atoms with Crippen LogP contribution in [0, 0.1) is 0 Å². The van der Waals surface area contributed by atoms with E-state index in [2.05, 4.69) is 11.0 Å². The molecule has 2 aliphatic rings. The number of nitrogens with two attached hydrogens (primary N) is 1. The average molecular weight is 240 g/mol. The van der Waals surface area contributed by atoms with Crippen molar-refractivity contribution in [2.24, 2.45) is 5.73 Å². The second-order valence-corrected chi connectivity index (χ2v) is 4.60. The van der Waals surface area contributed by atoms with Crippen molar-refractivity contribution in [2.75, 3.05) is 32.9 Å². The summed E-state index contributed by atoms with van der Waals surface area (Å²) in [5.41, 5.74) is 6.67. The predicted octanol–water partition coefficient (Wildman–Crippen LogP) is -0.0923. The van der Waals surface area contributed by atoms with Gasteiger partial charge in [-0.2, -0.15) is 0 Å². The molecule has 0 radical (unpaired) electrons. The first-order valence-electron chi connectivity index (χ1n) is 6.09. The van der Waals surface area contributed by atoms with Crippen LogP contribution in [0.3, 0.4) is 0 Å². The number of rotatable bonds is 3.